The molecule has 0 radical (unpaired) electrons. The molecule has 0 bridgehead atoms. The fourth-order valence-electron chi connectivity index (χ4n) is 8.08. The molecule has 0 aromatic rings. The summed E-state index contributed by atoms with van der Waals surface area (Å²) >= 11 is 0. The molecule has 0 aromatic carbocycles. The Morgan fingerprint density at radius 2 is 0.565 bits per heavy atom. The molecular formula is C56H104O6. The molecule has 6 nitrogen and oxygen atoms in total. The van der Waals surface area contributed by atoms with Gasteiger partial charge in [-0.1, -0.05) is 257 Å². The molecule has 0 amide bonds. The Bertz CT molecular complexity index is 1000. The van der Waals surface area contributed by atoms with Gasteiger partial charge in [-0.05, 0) is 44.9 Å². The van der Waals surface area contributed by atoms with E-state index in [0.717, 1.165) is 77.0 Å². The van der Waals surface area contributed by atoms with Gasteiger partial charge in [0.15, 0.2) is 6.10 Å². The molecule has 0 aliphatic rings. The van der Waals surface area contributed by atoms with Crippen molar-refractivity contribution in [3.8, 4) is 0 Å². The Kier molecular flexibility index (Phi) is 49.8. The lowest BCUT2D eigenvalue weighted by atomic mass is 10.0. The Morgan fingerprint density at radius 3 is 0.855 bits per heavy atom. The highest BCUT2D eigenvalue weighted by atomic mass is 16.6. The Labute approximate surface area is 385 Å². The first-order valence-electron chi connectivity index (χ1n) is 27.4. The number of rotatable bonds is 50. The van der Waals surface area contributed by atoms with Crippen molar-refractivity contribution < 1.29 is 28.6 Å². The van der Waals surface area contributed by atoms with Crippen molar-refractivity contribution in [3.63, 3.8) is 0 Å². The van der Waals surface area contributed by atoms with Crippen molar-refractivity contribution in [1.82, 2.24) is 0 Å². The molecule has 0 heterocycles. The fourth-order valence-corrected chi connectivity index (χ4v) is 8.08. The van der Waals surface area contributed by atoms with Crippen LogP contribution in [0.1, 0.15) is 297 Å². The summed E-state index contributed by atoms with van der Waals surface area (Å²) < 4.78 is 16.8. The number of unbranched alkanes of at least 4 members (excludes halogenated alkanes) is 36. The van der Waals surface area contributed by atoms with E-state index in [2.05, 4.69) is 45.1 Å². The second-order valence-electron chi connectivity index (χ2n) is 18.5. The van der Waals surface area contributed by atoms with Crippen LogP contribution in [0.25, 0.3) is 0 Å². The third-order valence-electron chi connectivity index (χ3n) is 12.2. The van der Waals surface area contributed by atoms with Gasteiger partial charge in [0.1, 0.15) is 13.2 Å². The van der Waals surface area contributed by atoms with Gasteiger partial charge in [0.25, 0.3) is 0 Å². The van der Waals surface area contributed by atoms with Crippen LogP contribution in [0.2, 0.25) is 0 Å². The molecule has 0 fully saturated rings. The number of allylic oxidation sites excluding steroid dienone is 4. The highest BCUT2D eigenvalue weighted by Crippen LogP contribution is 2.16. The van der Waals surface area contributed by atoms with Crippen LogP contribution in [0.5, 0.6) is 0 Å². The molecule has 6 heteroatoms. The minimum Gasteiger partial charge on any atom is -0.462 e. The quantitative estimate of drug-likeness (QED) is 0.0262. The van der Waals surface area contributed by atoms with Gasteiger partial charge in [0.2, 0.25) is 0 Å². The zero-order chi connectivity index (χ0) is 45.1. The molecule has 0 rings (SSSR count). The molecule has 0 aliphatic heterocycles. The Morgan fingerprint density at radius 1 is 0.323 bits per heavy atom. The molecule has 0 spiro atoms. The van der Waals surface area contributed by atoms with Crippen LogP contribution in [-0.4, -0.2) is 37.2 Å². The lowest BCUT2D eigenvalue weighted by molar-refractivity contribution is -0.167. The highest BCUT2D eigenvalue weighted by Gasteiger charge is 2.19. The van der Waals surface area contributed by atoms with Gasteiger partial charge in [-0.25, -0.2) is 0 Å². The first-order valence-corrected chi connectivity index (χ1v) is 27.4. The third-order valence-corrected chi connectivity index (χ3v) is 12.2. The predicted molar refractivity (Wildman–Crippen MR) is 266 cm³/mol. The minimum absolute atomic E-state index is 0.0717. The second-order valence-corrected chi connectivity index (χ2v) is 18.5. The van der Waals surface area contributed by atoms with Gasteiger partial charge in [0.05, 0.1) is 0 Å². The van der Waals surface area contributed by atoms with E-state index in [4.69, 9.17) is 14.2 Å². The van der Waals surface area contributed by atoms with E-state index in [0.29, 0.717) is 19.3 Å². The smallest absolute Gasteiger partial charge is 0.306 e. The summed E-state index contributed by atoms with van der Waals surface area (Å²) in [5, 5.41) is 0. The van der Waals surface area contributed by atoms with E-state index < -0.39 is 6.10 Å². The molecule has 0 saturated heterocycles. The molecule has 0 saturated carbocycles. The molecule has 0 aliphatic carbocycles. The SMILES string of the molecule is CCCCCCCCC/C=C\C=C/CCCCCCCC(=O)OCC(COC(=O)CCCCCCCCCCC)OC(=O)CCCCCCCCCCCCCCCCCCC. The van der Waals surface area contributed by atoms with Gasteiger partial charge in [-0.3, -0.25) is 14.4 Å². The van der Waals surface area contributed by atoms with Gasteiger partial charge in [-0.15, -0.1) is 0 Å². The van der Waals surface area contributed by atoms with Gasteiger partial charge in [0, 0.05) is 19.3 Å². The molecule has 62 heavy (non-hydrogen) atoms. The molecule has 364 valence electrons. The predicted octanol–water partition coefficient (Wildman–Crippen LogP) is 17.9. The first-order chi connectivity index (χ1) is 30.5. The summed E-state index contributed by atoms with van der Waals surface area (Å²) in [6.07, 6.45) is 58.8. The molecular weight excluding hydrogens is 769 g/mol. The van der Waals surface area contributed by atoms with E-state index in [1.165, 1.54) is 180 Å². The van der Waals surface area contributed by atoms with E-state index in [-0.39, 0.29) is 31.1 Å². The summed E-state index contributed by atoms with van der Waals surface area (Å²) in [6.45, 7) is 6.64. The number of hydrogen-bond donors (Lipinski definition) is 0. The topological polar surface area (TPSA) is 78.9 Å². The van der Waals surface area contributed by atoms with Crippen LogP contribution in [-0.2, 0) is 28.6 Å². The van der Waals surface area contributed by atoms with Crippen LogP contribution in [0, 0.1) is 0 Å². The number of ether oxygens (including phenoxy) is 3. The average Bonchev–Trinajstić information content (AvgIpc) is 3.27. The Hall–Kier alpha value is -2.11. The Balaban J connectivity index is 4.29. The van der Waals surface area contributed by atoms with Crippen LogP contribution in [0.4, 0.5) is 0 Å². The third kappa shape index (κ3) is 48.9. The summed E-state index contributed by atoms with van der Waals surface area (Å²) in [5.74, 6) is -0.873. The van der Waals surface area contributed by atoms with Gasteiger partial charge in [-0.2, -0.15) is 0 Å². The van der Waals surface area contributed by atoms with E-state index in [9.17, 15) is 14.4 Å². The molecule has 0 N–H and O–H groups in total. The fraction of sp³-hybridized carbons (Fsp3) is 0.875. The zero-order valence-electron chi connectivity index (χ0n) is 41.7. The lowest BCUT2D eigenvalue weighted by Crippen LogP contribution is -2.30. The monoisotopic (exact) mass is 873 g/mol. The van der Waals surface area contributed by atoms with Crippen molar-refractivity contribution in [1.29, 1.82) is 0 Å². The van der Waals surface area contributed by atoms with Crippen LogP contribution in [0.15, 0.2) is 24.3 Å². The largest absolute Gasteiger partial charge is 0.462 e. The van der Waals surface area contributed by atoms with E-state index in [1.807, 2.05) is 0 Å². The minimum atomic E-state index is -0.771. The summed E-state index contributed by atoms with van der Waals surface area (Å²) in [6, 6.07) is 0. The number of hydrogen-bond acceptors (Lipinski definition) is 6. The molecule has 1 unspecified atom stereocenters. The summed E-state index contributed by atoms with van der Waals surface area (Å²) in [4.78, 5) is 37.9. The standard InChI is InChI=1S/C56H104O6/c1-4-7-10-13-16-19-21-23-25-27-29-30-32-34-37-40-43-46-49-55(58)61-52-53(51-60-54(57)48-45-42-39-36-18-15-12-9-6-3)62-56(59)50-47-44-41-38-35-33-31-28-26-24-22-20-17-14-11-8-5-2/h25,27,29-30,53H,4-24,26,28,31-52H2,1-3H3/b27-25-,30-29-. The normalized spacial score (nSPS) is 12.1. The van der Waals surface area contributed by atoms with Gasteiger partial charge < -0.3 is 14.2 Å². The van der Waals surface area contributed by atoms with Crippen LogP contribution >= 0.6 is 0 Å². The maximum absolute atomic E-state index is 12.8. The highest BCUT2D eigenvalue weighted by molar-refractivity contribution is 5.71. The van der Waals surface area contributed by atoms with Crippen molar-refractivity contribution >= 4 is 17.9 Å². The summed E-state index contributed by atoms with van der Waals surface area (Å²) in [7, 11) is 0. The lowest BCUT2D eigenvalue weighted by Gasteiger charge is -2.18. The van der Waals surface area contributed by atoms with Crippen molar-refractivity contribution in [2.75, 3.05) is 13.2 Å². The van der Waals surface area contributed by atoms with Crippen molar-refractivity contribution in [3.05, 3.63) is 24.3 Å². The van der Waals surface area contributed by atoms with E-state index in [1.54, 1.807) is 0 Å². The zero-order valence-corrected chi connectivity index (χ0v) is 41.7. The average molecular weight is 873 g/mol. The van der Waals surface area contributed by atoms with Crippen LogP contribution in [0.3, 0.4) is 0 Å². The number of carbonyl (C=O) groups is 3. The maximum Gasteiger partial charge on any atom is 0.306 e. The van der Waals surface area contributed by atoms with Crippen molar-refractivity contribution in [2.24, 2.45) is 0 Å². The van der Waals surface area contributed by atoms with E-state index >= 15 is 0 Å². The maximum atomic E-state index is 12.8. The number of carbonyl (C=O) groups excluding carboxylic acids is 3. The number of esters is 3. The first kappa shape index (κ1) is 59.9. The second kappa shape index (κ2) is 51.5. The molecule has 1 atom stereocenters. The summed E-state index contributed by atoms with van der Waals surface area (Å²) in [5.41, 5.74) is 0. The van der Waals surface area contributed by atoms with Crippen LogP contribution < -0.4 is 0 Å². The molecule has 0 aromatic heterocycles. The van der Waals surface area contributed by atoms with Gasteiger partial charge >= 0.3 is 17.9 Å². The van der Waals surface area contributed by atoms with Crippen molar-refractivity contribution in [2.45, 2.75) is 303 Å².